The highest BCUT2D eigenvalue weighted by atomic mass is 16.5. The van der Waals surface area contributed by atoms with Crippen LogP contribution in [0.2, 0.25) is 0 Å². The Balaban J connectivity index is 1.29. The van der Waals surface area contributed by atoms with Crippen LogP contribution in [-0.4, -0.2) is 65.9 Å². The third-order valence-corrected chi connectivity index (χ3v) is 5.95. The molecule has 1 aliphatic carbocycles. The Kier molecular flexibility index (Phi) is 5.88. The lowest BCUT2D eigenvalue weighted by Crippen LogP contribution is -2.66. The quantitative estimate of drug-likeness (QED) is 0.689. The van der Waals surface area contributed by atoms with Crippen LogP contribution in [0, 0.1) is 0 Å². The number of nitrogens with one attached hydrogen (secondary N) is 1. The number of carbonyl (C=O) groups is 3. The molecule has 8 heteroatoms. The van der Waals surface area contributed by atoms with Crippen molar-refractivity contribution in [2.24, 2.45) is 0 Å². The second-order valence-corrected chi connectivity index (χ2v) is 8.52. The van der Waals surface area contributed by atoms with Crippen LogP contribution in [0.3, 0.4) is 0 Å². The second-order valence-electron chi connectivity index (χ2n) is 8.52. The van der Waals surface area contributed by atoms with Crippen LogP contribution in [0.4, 0.5) is 4.79 Å². The Labute approximate surface area is 186 Å². The molecule has 2 N–H and O–H groups in total. The molecule has 168 valence electrons. The zero-order valence-electron chi connectivity index (χ0n) is 18.0. The Morgan fingerprint density at radius 2 is 1.66 bits per heavy atom. The first-order valence-corrected chi connectivity index (χ1v) is 10.5. The summed E-state index contributed by atoms with van der Waals surface area (Å²) in [6, 6.07) is 15.4. The molecule has 0 aromatic heterocycles. The lowest BCUT2D eigenvalue weighted by Gasteiger charge is -2.47. The first kappa shape index (κ1) is 21.8. The van der Waals surface area contributed by atoms with Crippen LogP contribution in [-0.2, 0) is 19.1 Å². The topological polar surface area (TPSA) is 105 Å². The number of carboxylic acids is 1. The largest absolute Gasteiger partial charge is 0.480 e. The third-order valence-electron chi connectivity index (χ3n) is 5.95. The molecule has 1 atom stereocenters. The number of likely N-dealkylation sites (tertiary alicyclic amines) is 1. The van der Waals surface area contributed by atoms with Gasteiger partial charge in [-0.25, -0.2) is 9.59 Å². The molecule has 0 radical (unpaired) electrons. The van der Waals surface area contributed by atoms with Gasteiger partial charge in [0.15, 0.2) is 0 Å². The number of amides is 2. The second kappa shape index (κ2) is 8.63. The highest BCUT2D eigenvalue weighted by molar-refractivity contribution is 5.86. The van der Waals surface area contributed by atoms with Crippen LogP contribution in [0.25, 0.3) is 11.1 Å². The Hall–Kier alpha value is -3.39. The Morgan fingerprint density at radius 1 is 1.09 bits per heavy atom. The Bertz CT molecular complexity index is 1000. The van der Waals surface area contributed by atoms with Crippen LogP contribution in [0.15, 0.2) is 48.5 Å². The van der Waals surface area contributed by atoms with Crippen LogP contribution < -0.4 is 5.32 Å². The summed E-state index contributed by atoms with van der Waals surface area (Å²) in [5.41, 5.74) is 3.84. The van der Waals surface area contributed by atoms with Crippen molar-refractivity contribution in [3.05, 3.63) is 59.7 Å². The predicted molar refractivity (Wildman–Crippen MR) is 116 cm³/mol. The molecule has 2 aromatic rings. The molecule has 0 saturated carbocycles. The van der Waals surface area contributed by atoms with Gasteiger partial charge >= 0.3 is 12.1 Å². The van der Waals surface area contributed by atoms with Gasteiger partial charge in [-0.2, -0.15) is 0 Å². The highest BCUT2D eigenvalue weighted by Crippen LogP contribution is 2.44. The molecule has 0 unspecified atom stereocenters. The molecule has 1 aliphatic heterocycles. The van der Waals surface area contributed by atoms with E-state index >= 15 is 0 Å². The maximum absolute atomic E-state index is 12.6. The van der Waals surface area contributed by atoms with Crippen LogP contribution >= 0.6 is 0 Å². The van der Waals surface area contributed by atoms with Crippen molar-refractivity contribution in [2.45, 2.75) is 31.4 Å². The number of hydrogen-bond acceptors (Lipinski definition) is 5. The summed E-state index contributed by atoms with van der Waals surface area (Å²) in [7, 11) is 0. The molecule has 8 nitrogen and oxygen atoms in total. The van der Waals surface area contributed by atoms with Crippen molar-refractivity contribution in [3.63, 3.8) is 0 Å². The van der Waals surface area contributed by atoms with Crippen molar-refractivity contribution in [3.8, 4) is 11.1 Å². The van der Waals surface area contributed by atoms with Crippen molar-refractivity contribution < 1.29 is 29.0 Å². The van der Waals surface area contributed by atoms with Crippen LogP contribution in [0.5, 0.6) is 0 Å². The van der Waals surface area contributed by atoms with E-state index in [0.717, 1.165) is 22.3 Å². The number of fused-ring (bicyclic) bond motifs is 3. The maximum atomic E-state index is 12.6. The molecule has 2 aliphatic rings. The first-order valence-electron chi connectivity index (χ1n) is 10.5. The molecule has 1 heterocycles. The van der Waals surface area contributed by atoms with E-state index in [4.69, 9.17) is 14.6 Å². The van der Waals surface area contributed by atoms with Gasteiger partial charge in [-0.15, -0.1) is 0 Å². The van der Waals surface area contributed by atoms with Gasteiger partial charge in [0.25, 0.3) is 0 Å². The summed E-state index contributed by atoms with van der Waals surface area (Å²) in [5.74, 6) is -1.38. The first-order chi connectivity index (χ1) is 15.3. The molecular weight excluding hydrogens is 412 g/mol. The van der Waals surface area contributed by atoms with Gasteiger partial charge in [-0.05, 0) is 36.1 Å². The number of aliphatic carboxylic acids is 1. The van der Waals surface area contributed by atoms with Crippen molar-refractivity contribution in [2.75, 3.05) is 26.3 Å². The average molecular weight is 438 g/mol. The minimum Gasteiger partial charge on any atom is -0.480 e. The predicted octanol–water partition coefficient (Wildman–Crippen LogP) is 2.62. The van der Waals surface area contributed by atoms with E-state index in [0.29, 0.717) is 0 Å². The lowest BCUT2D eigenvalue weighted by atomic mass is 9.95. The summed E-state index contributed by atoms with van der Waals surface area (Å²) >= 11 is 0. The monoisotopic (exact) mass is 438 g/mol. The van der Waals surface area contributed by atoms with Crippen molar-refractivity contribution in [1.82, 2.24) is 10.2 Å². The van der Waals surface area contributed by atoms with E-state index in [9.17, 15) is 14.4 Å². The van der Waals surface area contributed by atoms with Crippen LogP contribution in [0.1, 0.15) is 30.9 Å². The standard InChI is InChI=1S/C24H26N2O6/c1-15(22(29)26-13-24(2,14-26)32-12-21(27)28)25-23(30)31-11-20-18-9-5-3-7-16(18)17-8-4-6-10-19(17)20/h3-10,15,20H,11-14H2,1-2H3,(H,25,30)(H,27,28)/t15-/m1/s1. The minimum absolute atomic E-state index is 0.0540. The fourth-order valence-corrected chi connectivity index (χ4v) is 4.40. The van der Waals surface area contributed by atoms with Gasteiger partial charge in [0.2, 0.25) is 5.91 Å². The van der Waals surface area contributed by atoms with Crippen molar-refractivity contribution >= 4 is 18.0 Å². The van der Waals surface area contributed by atoms with E-state index < -0.39 is 30.3 Å². The van der Waals surface area contributed by atoms with E-state index in [1.165, 1.54) is 4.90 Å². The van der Waals surface area contributed by atoms with Gasteiger partial charge in [0.1, 0.15) is 24.9 Å². The molecule has 1 fully saturated rings. The van der Waals surface area contributed by atoms with Gasteiger partial charge < -0.3 is 24.8 Å². The molecule has 0 bridgehead atoms. The number of alkyl carbamates (subject to hydrolysis) is 1. The number of hydrogen-bond donors (Lipinski definition) is 2. The maximum Gasteiger partial charge on any atom is 0.407 e. The van der Waals surface area contributed by atoms with Gasteiger partial charge in [0.05, 0.1) is 13.1 Å². The zero-order valence-corrected chi connectivity index (χ0v) is 18.0. The van der Waals surface area contributed by atoms with E-state index in [2.05, 4.69) is 17.4 Å². The fourth-order valence-electron chi connectivity index (χ4n) is 4.40. The van der Waals surface area contributed by atoms with E-state index in [1.807, 2.05) is 36.4 Å². The van der Waals surface area contributed by atoms with Gasteiger partial charge in [-0.3, -0.25) is 4.79 Å². The molecule has 2 amide bonds. The summed E-state index contributed by atoms with van der Waals surface area (Å²) in [4.78, 5) is 37.1. The Morgan fingerprint density at radius 3 is 2.22 bits per heavy atom. The van der Waals surface area contributed by atoms with Gasteiger partial charge in [-0.1, -0.05) is 48.5 Å². The van der Waals surface area contributed by atoms with Gasteiger partial charge in [0, 0.05) is 5.92 Å². The number of carbonyl (C=O) groups excluding carboxylic acids is 2. The molecule has 4 rings (SSSR count). The number of rotatable bonds is 7. The highest BCUT2D eigenvalue weighted by Gasteiger charge is 2.44. The van der Waals surface area contributed by atoms with E-state index in [1.54, 1.807) is 13.8 Å². The average Bonchev–Trinajstić information content (AvgIpc) is 3.07. The van der Waals surface area contributed by atoms with E-state index in [-0.39, 0.29) is 31.5 Å². The molecule has 32 heavy (non-hydrogen) atoms. The number of benzene rings is 2. The number of ether oxygens (including phenoxy) is 2. The summed E-state index contributed by atoms with van der Waals surface area (Å²) in [6.45, 7) is 3.66. The zero-order chi connectivity index (χ0) is 22.9. The number of carboxylic acid groups (broad SMARTS) is 1. The molecule has 0 spiro atoms. The minimum atomic E-state index is -1.05. The number of nitrogens with zero attached hydrogens (tertiary/aromatic N) is 1. The normalized spacial score (nSPS) is 17.0. The van der Waals surface area contributed by atoms with Crippen molar-refractivity contribution in [1.29, 1.82) is 0 Å². The SMILES string of the molecule is C[C@@H](NC(=O)OCC1c2ccccc2-c2ccccc21)C(=O)N1CC(C)(OCC(=O)O)C1. The fraction of sp³-hybridized carbons (Fsp3) is 0.375. The molecular formula is C24H26N2O6. The molecule has 1 saturated heterocycles. The lowest BCUT2D eigenvalue weighted by molar-refractivity contribution is -0.174. The summed E-state index contributed by atoms with van der Waals surface area (Å²) in [6.07, 6.45) is -0.655. The summed E-state index contributed by atoms with van der Waals surface area (Å²) in [5, 5.41) is 11.3. The molecule has 2 aromatic carbocycles. The smallest absolute Gasteiger partial charge is 0.407 e. The summed E-state index contributed by atoms with van der Waals surface area (Å²) < 4.78 is 10.8. The third kappa shape index (κ3) is 4.31.